The van der Waals surface area contributed by atoms with E-state index in [1.165, 1.54) is 10.8 Å². The third-order valence-electron chi connectivity index (χ3n) is 10.1. The molecule has 0 aliphatic rings. The minimum absolute atomic E-state index is 0.539. The van der Waals surface area contributed by atoms with E-state index >= 15 is 0 Å². The fraction of sp³-hybridized carbons (Fsp3) is 0. The first-order valence-corrected chi connectivity index (χ1v) is 17.4. The lowest BCUT2D eigenvalue weighted by Crippen LogP contribution is -2.00. The zero-order valence-electron chi connectivity index (χ0n) is 27.7. The number of rotatable bonds is 4. The van der Waals surface area contributed by atoms with Crippen LogP contribution in [-0.4, -0.2) is 15.0 Å². The van der Waals surface area contributed by atoms with Crippen molar-refractivity contribution in [1.82, 2.24) is 15.0 Å². The molecule has 0 fully saturated rings. The average Bonchev–Trinajstić information content (AvgIpc) is 3.80. The number of aromatic nitrogens is 3. The van der Waals surface area contributed by atoms with Crippen molar-refractivity contribution in [2.75, 3.05) is 0 Å². The largest absolute Gasteiger partial charge is 0.455 e. The summed E-state index contributed by atoms with van der Waals surface area (Å²) in [6, 6.07) is 56.3. The Morgan fingerprint density at radius 2 is 0.904 bits per heavy atom. The highest BCUT2D eigenvalue weighted by Crippen LogP contribution is 2.41. The Morgan fingerprint density at radius 3 is 1.79 bits per heavy atom. The van der Waals surface area contributed by atoms with Gasteiger partial charge in [0.05, 0.1) is 5.56 Å². The number of hydrogen-bond donors (Lipinski definition) is 0. The van der Waals surface area contributed by atoms with E-state index in [-0.39, 0.29) is 0 Å². The van der Waals surface area contributed by atoms with Gasteiger partial charge in [-0.1, -0.05) is 140 Å². The Labute approximate surface area is 297 Å². The number of hydrogen-bond acceptors (Lipinski definition) is 5. The van der Waals surface area contributed by atoms with Gasteiger partial charge in [0.25, 0.3) is 0 Å². The van der Waals surface area contributed by atoms with E-state index in [0.29, 0.717) is 17.5 Å². The van der Waals surface area contributed by atoms with Crippen LogP contribution < -0.4 is 0 Å². The standard InChI is InChI=1S/C47H27N3O2/c1-2-11-28(12-3-1)33-16-8-18-36-42-37(19-10-22-41(42)52-43(33)36)46-48-45(31-26-25-30-24-23-29-13-4-5-14-32(29)39(30)27-31)49-47(50-46)38-20-9-17-35-34-15-6-7-21-40(34)51-44(35)38/h1-27H. The maximum atomic E-state index is 6.62. The number of fused-ring (bicyclic) bond motifs is 9. The fourth-order valence-electron chi connectivity index (χ4n) is 7.69. The Kier molecular flexibility index (Phi) is 6.18. The second-order valence-corrected chi connectivity index (χ2v) is 13.1. The van der Waals surface area contributed by atoms with Crippen LogP contribution in [0.25, 0.3) is 111 Å². The van der Waals surface area contributed by atoms with Crippen molar-refractivity contribution >= 4 is 65.4 Å². The Morgan fingerprint density at radius 1 is 0.327 bits per heavy atom. The molecule has 8 aromatic carbocycles. The summed E-state index contributed by atoms with van der Waals surface area (Å²) in [5.41, 5.74) is 7.89. The molecule has 0 bridgehead atoms. The topological polar surface area (TPSA) is 65.0 Å². The van der Waals surface area contributed by atoms with Crippen molar-refractivity contribution in [2.24, 2.45) is 0 Å². The first-order valence-electron chi connectivity index (χ1n) is 17.4. The lowest BCUT2D eigenvalue weighted by atomic mass is 9.99. The summed E-state index contributed by atoms with van der Waals surface area (Å²) in [5, 5.41) is 8.73. The third kappa shape index (κ3) is 4.39. The summed E-state index contributed by atoms with van der Waals surface area (Å²) in [7, 11) is 0. The van der Waals surface area contributed by atoms with E-state index in [9.17, 15) is 0 Å². The molecule has 0 aliphatic heterocycles. The highest BCUT2D eigenvalue weighted by molar-refractivity contribution is 6.15. The van der Waals surface area contributed by atoms with Gasteiger partial charge in [-0.15, -0.1) is 0 Å². The monoisotopic (exact) mass is 665 g/mol. The quantitative estimate of drug-likeness (QED) is 0.175. The Balaban J connectivity index is 1.19. The molecule has 0 N–H and O–H groups in total. The molecule has 0 saturated carbocycles. The van der Waals surface area contributed by atoms with Gasteiger partial charge in [0.1, 0.15) is 22.3 Å². The molecule has 0 radical (unpaired) electrons. The molecule has 3 heterocycles. The van der Waals surface area contributed by atoms with E-state index in [4.69, 9.17) is 23.8 Å². The lowest BCUT2D eigenvalue weighted by Gasteiger charge is -2.11. The van der Waals surface area contributed by atoms with Crippen molar-refractivity contribution < 1.29 is 8.83 Å². The van der Waals surface area contributed by atoms with Crippen molar-refractivity contribution in [1.29, 1.82) is 0 Å². The van der Waals surface area contributed by atoms with Crippen LogP contribution in [0.5, 0.6) is 0 Å². The Hall–Kier alpha value is -7.11. The molecule has 11 rings (SSSR count). The maximum Gasteiger partial charge on any atom is 0.167 e. The van der Waals surface area contributed by atoms with E-state index in [2.05, 4.69) is 103 Å². The van der Waals surface area contributed by atoms with Gasteiger partial charge in [0.15, 0.2) is 17.5 Å². The molecule has 242 valence electrons. The van der Waals surface area contributed by atoms with Crippen molar-refractivity contribution in [3.8, 4) is 45.3 Å². The summed E-state index contributed by atoms with van der Waals surface area (Å²) < 4.78 is 13.1. The molecule has 0 atom stereocenters. The van der Waals surface area contributed by atoms with Gasteiger partial charge in [-0.2, -0.15) is 0 Å². The summed E-state index contributed by atoms with van der Waals surface area (Å²) in [6.45, 7) is 0. The highest BCUT2D eigenvalue weighted by atomic mass is 16.3. The molecule has 3 aromatic heterocycles. The van der Waals surface area contributed by atoms with Crippen LogP contribution in [0, 0.1) is 0 Å². The molecule has 5 nitrogen and oxygen atoms in total. The van der Waals surface area contributed by atoms with Crippen LogP contribution in [0.3, 0.4) is 0 Å². The van der Waals surface area contributed by atoms with Gasteiger partial charge in [0, 0.05) is 38.2 Å². The number of furan rings is 2. The molecule has 0 saturated heterocycles. The Bertz CT molecular complexity index is 3190. The predicted octanol–water partition coefficient (Wildman–Crippen LogP) is 12.6. The summed E-state index contributed by atoms with van der Waals surface area (Å²) in [4.78, 5) is 15.6. The van der Waals surface area contributed by atoms with Crippen molar-refractivity contribution in [2.45, 2.75) is 0 Å². The van der Waals surface area contributed by atoms with Crippen LogP contribution in [0.2, 0.25) is 0 Å². The molecule has 5 heteroatoms. The molecule has 11 aromatic rings. The highest BCUT2D eigenvalue weighted by Gasteiger charge is 2.21. The fourth-order valence-corrected chi connectivity index (χ4v) is 7.69. The smallest absolute Gasteiger partial charge is 0.167 e. The molecule has 0 spiro atoms. The average molecular weight is 666 g/mol. The first kappa shape index (κ1) is 28.7. The minimum Gasteiger partial charge on any atom is -0.455 e. The maximum absolute atomic E-state index is 6.62. The van der Waals surface area contributed by atoms with Gasteiger partial charge >= 0.3 is 0 Å². The van der Waals surface area contributed by atoms with Crippen LogP contribution in [0.1, 0.15) is 0 Å². The van der Waals surface area contributed by atoms with Gasteiger partial charge in [-0.25, -0.2) is 15.0 Å². The third-order valence-corrected chi connectivity index (χ3v) is 10.1. The molecule has 0 amide bonds. The number of benzene rings is 8. The SMILES string of the molecule is c1ccc(-c2cccc3c2oc2cccc(-c4nc(-c5ccc6ccc7ccccc7c6c5)nc(-c5cccc6c5oc5ccccc56)n4)c23)cc1. The van der Waals surface area contributed by atoms with Gasteiger partial charge in [-0.05, 0) is 51.4 Å². The van der Waals surface area contributed by atoms with E-state index in [1.807, 2.05) is 60.7 Å². The van der Waals surface area contributed by atoms with Crippen LogP contribution >= 0.6 is 0 Å². The molecule has 52 heavy (non-hydrogen) atoms. The summed E-state index contributed by atoms with van der Waals surface area (Å²) in [6.07, 6.45) is 0. The zero-order valence-corrected chi connectivity index (χ0v) is 27.7. The number of para-hydroxylation sites is 3. The summed E-state index contributed by atoms with van der Waals surface area (Å²) in [5.74, 6) is 1.68. The second-order valence-electron chi connectivity index (χ2n) is 13.1. The van der Waals surface area contributed by atoms with Crippen LogP contribution in [0.15, 0.2) is 173 Å². The van der Waals surface area contributed by atoms with E-state index in [0.717, 1.165) is 82.5 Å². The normalized spacial score (nSPS) is 11.8. The van der Waals surface area contributed by atoms with E-state index in [1.54, 1.807) is 0 Å². The summed E-state index contributed by atoms with van der Waals surface area (Å²) >= 11 is 0. The van der Waals surface area contributed by atoms with Gasteiger partial charge in [-0.3, -0.25) is 0 Å². The van der Waals surface area contributed by atoms with Crippen molar-refractivity contribution in [3.05, 3.63) is 164 Å². The van der Waals surface area contributed by atoms with Crippen LogP contribution in [-0.2, 0) is 0 Å². The van der Waals surface area contributed by atoms with E-state index < -0.39 is 0 Å². The van der Waals surface area contributed by atoms with Gasteiger partial charge in [0.2, 0.25) is 0 Å². The molecular formula is C47H27N3O2. The molecular weight excluding hydrogens is 639 g/mol. The van der Waals surface area contributed by atoms with Gasteiger partial charge < -0.3 is 8.83 Å². The second kappa shape index (κ2) is 11.2. The van der Waals surface area contributed by atoms with Crippen molar-refractivity contribution in [3.63, 3.8) is 0 Å². The van der Waals surface area contributed by atoms with Crippen LogP contribution in [0.4, 0.5) is 0 Å². The zero-order chi connectivity index (χ0) is 34.2. The number of nitrogens with zero attached hydrogens (tertiary/aromatic N) is 3. The molecule has 0 aliphatic carbocycles. The molecule has 0 unspecified atom stereocenters. The first-order chi connectivity index (χ1) is 25.8. The predicted molar refractivity (Wildman–Crippen MR) is 211 cm³/mol. The lowest BCUT2D eigenvalue weighted by molar-refractivity contribution is 0.669. The minimum atomic E-state index is 0.539.